The van der Waals surface area contributed by atoms with Gasteiger partial charge in [-0.2, -0.15) is 5.26 Å². The van der Waals surface area contributed by atoms with Crippen molar-refractivity contribution in [2.75, 3.05) is 0 Å². The molecule has 0 saturated carbocycles. The molecule has 0 atom stereocenters. The predicted molar refractivity (Wildman–Crippen MR) is 85.0 cm³/mol. The van der Waals surface area contributed by atoms with E-state index >= 15 is 0 Å². The highest BCUT2D eigenvalue weighted by Crippen LogP contribution is 2.15. The van der Waals surface area contributed by atoms with E-state index in [0.717, 1.165) is 17.7 Å². The van der Waals surface area contributed by atoms with Crippen LogP contribution in [0.25, 0.3) is 0 Å². The number of carbonyl (C=O) groups excluding carboxylic acids is 1. The predicted octanol–water partition coefficient (Wildman–Crippen LogP) is 5.75. The fourth-order valence-corrected chi connectivity index (χ4v) is 2.98. The zero-order valence-electron chi connectivity index (χ0n) is 12.3. The zero-order valence-corrected chi connectivity index (χ0v) is 13.1. The summed E-state index contributed by atoms with van der Waals surface area (Å²) in [5.74, 6) is 0.303. The molecule has 2 nitrogen and oxygen atoms in total. The molecular formula is C17H25NOS. The maximum Gasteiger partial charge on any atom is 0.172 e. The third-order valence-corrected chi connectivity index (χ3v) is 4.40. The van der Waals surface area contributed by atoms with Gasteiger partial charge in [-0.15, -0.1) is 11.3 Å². The van der Waals surface area contributed by atoms with Crippen LogP contribution in [0.15, 0.2) is 17.5 Å². The number of nitrogens with zero attached hydrogens (tertiary/aromatic N) is 1. The molecule has 1 aromatic rings. The second-order valence-electron chi connectivity index (χ2n) is 5.24. The van der Waals surface area contributed by atoms with E-state index in [1.165, 1.54) is 44.9 Å². The Balaban J connectivity index is 1.83. The van der Waals surface area contributed by atoms with Gasteiger partial charge in [0, 0.05) is 12.8 Å². The molecule has 0 saturated heterocycles. The Labute approximate surface area is 126 Å². The third-order valence-electron chi connectivity index (χ3n) is 3.49. The van der Waals surface area contributed by atoms with Crippen LogP contribution in [0.3, 0.4) is 0 Å². The third kappa shape index (κ3) is 8.12. The van der Waals surface area contributed by atoms with E-state index in [1.807, 2.05) is 17.5 Å². The average molecular weight is 291 g/mol. The van der Waals surface area contributed by atoms with Crippen LogP contribution in [-0.4, -0.2) is 5.78 Å². The maximum absolute atomic E-state index is 11.8. The van der Waals surface area contributed by atoms with Crippen LogP contribution in [0, 0.1) is 11.3 Å². The number of hydrogen-bond acceptors (Lipinski definition) is 3. The summed E-state index contributed by atoms with van der Waals surface area (Å²) in [6.45, 7) is 0. The molecule has 0 aliphatic carbocycles. The van der Waals surface area contributed by atoms with Crippen molar-refractivity contribution in [3.63, 3.8) is 0 Å². The van der Waals surface area contributed by atoms with Gasteiger partial charge in [-0.1, -0.05) is 51.0 Å². The van der Waals surface area contributed by atoms with Crippen LogP contribution in [0.1, 0.15) is 80.3 Å². The lowest BCUT2D eigenvalue weighted by atomic mass is 10.0. The summed E-state index contributed by atoms with van der Waals surface area (Å²) in [6, 6.07) is 6.04. The van der Waals surface area contributed by atoms with Crippen molar-refractivity contribution in [3.8, 4) is 6.07 Å². The summed E-state index contributed by atoms with van der Waals surface area (Å²) in [4.78, 5) is 12.7. The molecule has 3 heteroatoms. The lowest BCUT2D eigenvalue weighted by Gasteiger charge is -2.01. The summed E-state index contributed by atoms with van der Waals surface area (Å²) >= 11 is 1.54. The van der Waals surface area contributed by atoms with Crippen LogP contribution in [0.2, 0.25) is 0 Å². The average Bonchev–Trinajstić information content (AvgIpc) is 2.99. The summed E-state index contributed by atoms with van der Waals surface area (Å²) in [5, 5.41) is 10.4. The van der Waals surface area contributed by atoms with Gasteiger partial charge in [0.1, 0.15) is 0 Å². The molecule has 0 aromatic carbocycles. The lowest BCUT2D eigenvalue weighted by Crippen LogP contribution is -1.95. The SMILES string of the molecule is N#CCCCCCCCCCCCC(=O)c1cccs1. The minimum absolute atomic E-state index is 0.303. The molecule has 0 bridgehead atoms. The first kappa shape index (κ1) is 16.9. The molecule has 0 amide bonds. The van der Waals surface area contributed by atoms with Crippen LogP contribution in [-0.2, 0) is 0 Å². The van der Waals surface area contributed by atoms with Crippen LogP contribution < -0.4 is 0 Å². The first-order chi connectivity index (χ1) is 9.84. The number of carbonyl (C=O) groups is 1. The summed E-state index contributed by atoms with van der Waals surface area (Å²) in [7, 11) is 0. The molecule has 0 aliphatic heterocycles. The maximum atomic E-state index is 11.8. The Hall–Kier alpha value is -1.14. The molecule has 0 spiro atoms. The Kier molecular flexibility index (Phi) is 9.87. The quantitative estimate of drug-likeness (QED) is 0.363. The minimum atomic E-state index is 0.303. The van der Waals surface area contributed by atoms with E-state index < -0.39 is 0 Å². The number of ketones is 1. The standard InChI is InChI=1S/C17H25NOS/c18-14-10-8-6-4-2-1-3-5-7-9-12-16(19)17-13-11-15-20-17/h11,13,15H,1-10,12H2. The van der Waals surface area contributed by atoms with E-state index in [4.69, 9.17) is 5.26 Å². The molecule has 0 aliphatic rings. The highest BCUT2D eigenvalue weighted by molar-refractivity contribution is 7.12. The summed E-state index contributed by atoms with van der Waals surface area (Å²) < 4.78 is 0. The molecule has 0 fully saturated rings. The number of unbranched alkanes of at least 4 members (excludes halogenated alkanes) is 9. The van der Waals surface area contributed by atoms with E-state index in [-0.39, 0.29) is 0 Å². The zero-order chi connectivity index (χ0) is 14.5. The Bertz CT molecular complexity index is 392. The van der Waals surface area contributed by atoms with Gasteiger partial charge in [-0.25, -0.2) is 0 Å². The van der Waals surface area contributed by atoms with E-state index in [9.17, 15) is 4.79 Å². The number of rotatable bonds is 12. The second-order valence-corrected chi connectivity index (χ2v) is 6.19. The normalized spacial score (nSPS) is 10.3. The van der Waals surface area contributed by atoms with E-state index in [1.54, 1.807) is 11.3 Å². The number of Topliss-reactive ketones (excluding diaryl/α,β-unsaturated/α-hetero) is 1. The molecule has 110 valence electrons. The molecule has 0 N–H and O–H groups in total. The highest BCUT2D eigenvalue weighted by atomic mass is 32.1. The Morgan fingerprint density at radius 1 is 1.00 bits per heavy atom. The highest BCUT2D eigenvalue weighted by Gasteiger charge is 2.05. The summed E-state index contributed by atoms with van der Waals surface area (Å²) in [5.41, 5.74) is 0. The van der Waals surface area contributed by atoms with Crippen molar-refractivity contribution >= 4 is 17.1 Å². The largest absolute Gasteiger partial charge is 0.293 e. The molecule has 1 aromatic heterocycles. The lowest BCUT2D eigenvalue weighted by molar-refractivity contribution is 0.0983. The van der Waals surface area contributed by atoms with Gasteiger partial charge in [0.25, 0.3) is 0 Å². The summed E-state index contributed by atoms with van der Waals surface area (Å²) in [6.07, 6.45) is 12.2. The smallest absolute Gasteiger partial charge is 0.172 e. The van der Waals surface area contributed by atoms with Crippen molar-refractivity contribution in [2.24, 2.45) is 0 Å². The fraction of sp³-hybridized carbons (Fsp3) is 0.647. The van der Waals surface area contributed by atoms with Crippen molar-refractivity contribution < 1.29 is 4.79 Å². The minimum Gasteiger partial charge on any atom is -0.293 e. The van der Waals surface area contributed by atoms with Gasteiger partial charge < -0.3 is 0 Å². The first-order valence-electron chi connectivity index (χ1n) is 7.78. The molecule has 0 radical (unpaired) electrons. The van der Waals surface area contributed by atoms with Crippen molar-refractivity contribution in [1.82, 2.24) is 0 Å². The Morgan fingerprint density at radius 2 is 1.60 bits per heavy atom. The molecule has 1 rings (SSSR count). The van der Waals surface area contributed by atoms with Crippen LogP contribution >= 0.6 is 11.3 Å². The van der Waals surface area contributed by atoms with E-state index in [2.05, 4.69) is 6.07 Å². The molecule has 0 unspecified atom stereocenters. The number of thiophene rings is 1. The van der Waals surface area contributed by atoms with E-state index in [0.29, 0.717) is 18.6 Å². The van der Waals surface area contributed by atoms with Crippen molar-refractivity contribution in [2.45, 2.75) is 70.6 Å². The monoisotopic (exact) mass is 291 g/mol. The van der Waals surface area contributed by atoms with Gasteiger partial charge in [0.05, 0.1) is 10.9 Å². The molecule has 1 heterocycles. The number of hydrogen-bond donors (Lipinski definition) is 0. The fourth-order valence-electron chi connectivity index (χ4n) is 2.29. The van der Waals surface area contributed by atoms with Crippen LogP contribution in [0.5, 0.6) is 0 Å². The molecule has 20 heavy (non-hydrogen) atoms. The van der Waals surface area contributed by atoms with Gasteiger partial charge in [0.2, 0.25) is 0 Å². The second kappa shape index (κ2) is 11.7. The van der Waals surface area contributed by atoms with Gasteiger partial charge >= 0.3 is 0 Å². The first-order valence-corrected chi connectivity index (χ1v) is 8.66. The number of nitriles is 1. The van der Waals surface area contributed by atoms with Gasteiger partial charge in [-0.3, -0.25) is 4.79 Å². The topological polar surface area (TPSA) is 40.9 Å². The van der Waals surface area contributed by atoms with Crippen molar-refractivity contribution in [1.29, 1.82) is 5.26 Å². The molecular weight excluding hydrogens is 266 g/mol. The van der Waals surface area contributed by atoms with Gasteiger partial charge in [0.15, 0.2) is 5.78 Å². The van der Waals surface area contributed by atoms with Crippen molar-refractivity contribution in [3.05, 3.63) is 22.4 Å². The Morgan fingerprint density at radius 3 is 2.15 bits per heavy atom. The van der Waals surface area contributed by atoms with Crippen LogP contribution in [0.4, 0.5) is 0 Å². The van der Waals surface area contributed by atoms with Gasteiger partial charge in [-0.05, 0) is 24.3 Å².